The van der Waals surface area contributed by atoms with Gasteiger partial charge in [0, 0.05) is 12.2 Å². The summed E-state index contributed by atoms with van der Waals surface area (Å²) in [6.45, 7) is 0.677. The third-order valence-electron chi connectivity index (χ3n) is 3.37. The lowest BCUT2D eigenvalue weighted by molar-refractivity contribution is 0.532. The summed E-state index contributed by atoms with van der Waals surface area (Å²) < 4.78 is 1.94. The van der Waals surface area contributed by atoms with Crippen molar-refractivity contribution in [1.82, 2.24) is 9.78 Å². The molecule has 2 aromatic rings. The fraction of sp³-hybridized carbons (Fsp3) is 0.286. The molecule has 5 nitrogen and oxygen atoms in total. The van der Waals surface area contributed by atoms with E-state index >= 15 is 0 Å². The summed E-state index contributed by atoms with van der Waals surface area (Å²) >= 11 is 9.44. The maximum Gasteiger partial charge on any atom is 0.283 e. The third-order valence-corrected chi connectivity index (χ3v) is 4.47. The van der Waals surface area contributed by atoms with Crippen LogP contribution < -0.4 is 16.6 Å². The van der Waals surface area contributed by atoms with Crippen LogP contribution in [0.4, 0.5) is 17.1 Å². The van der Waals surface area contributed by atoms with E-state index in [2.05, 4.69) is 26.3 Å². The molecule has 7 heteroatoms. The van der Waals surface area contributed by atoms with E-state index in [1.807, 2.05) is 0 Å². The number of nitrogens with one attached hydrogen (secondary N) is 1. The van der Waals surface area contributed by atoms with Gasteiger partial charge in [0.2, 0.25) is 0 Å². The molecule has 1 saturated carbocycles. The van der Waals surface area contributed by atoms with Gasteiger partial charge in [0.25, 0.3) is 5.56 Å². The quantitative estimate of drug-likeness (QED) is 0.810. The molecule has 0 radical (unpaired) electrons. The normalized spacial score (nSPS) is 14.2. The van der Waals surface area contributed by atoms with E-state index < -0.39 is 0 Å². The van der Waals surface area contributed by atoms with Crippen LogP contribution in [-0.4, -0.2) is 9.78 Å². The molecule has 110 valence electrons. The van der Waals surface area contributed by atoms with Gasteiger partial charge in [-0.2, -0.15) is 5.10 Å². The Bertz CT molecular complexity index is 742. The second-order valence-electron chi connectivity index (χ2n) is 5.17. The molecule has 0 spiro atoms. The lowest BCUT2D eigenvalue weighted by Gasteiger charge is -2.12. The number of hydrogen-bond acceptors (Lipinski definition) is 4. The molecule has 1 heterocycles. The van der Waals surface area contributed by atoms with Crippen molar-refractivity contribution in [3.63, 3.8) is 0 Å². The maximum atomic E-state index is 12.3. The average molecular weight is 370 g/mol. The molecular formula is C14H14BrClN4O. The van der Waals surface area contributed by atoms with Gasteiger partial charge in [0.15, 0.2) is 0 Å². The van der Waals surface area contributed by atoms with Crippen molar-refractivity contribution >= 4 is 44.6 Å². The summed E-state index contributed by atoms with van der Waals surface area (Å²) in [5, 5.41) is 7.81. The number of hydrogen-bond donors (Lipinski definition) is 2. The minimum absolute atomic E-state index is 0.146. The van der Waals surface area contributed by atoms with Crippen LogP contribution in [0, 0.1) is 5.92 Å². The predicted octanol–water partition coefficient (Wildman–Crippen LogP) is 3.40. The first-order chi connectivity index (χ1) is 10.0. The lowest BCUT2D eigenvalue weighted by Crippen LogP contribution is -2.25. The number of halogens is 2. The Hall–Kier alpha value is -1.53. The van der Waals surface area contributed by atoms with Gasteiger partial charge in [-0.1, -0.05) is 11.6 Å². The van der Waals surface area contributed by atoms with Crippen molar-refractivity contribution in [1.29, 1.82) is 0 Å². The second kappa shape index (κ2) is 5.69. The molecule has 1 aliphatic carbocycles. The van der Waals surface area contributed by atoms with E-state index in [-0.39, 0.29) is 5.56 Å². The molecule has 1 aromatic heterocycles. The predicted molar refractivity (Wildman–Crippen MR) is 88.1 cm³/mol. The number of nitrogens with zero attached hydrogens (tertiary/aromatic N) is 2. The fourth-order valence-corrected chi connectivity index (χ4v) is 2.58. The molecule has 0 saturated heterocycles. The standard InChI is InChI=1S/C14H14BrClN4O/c15-13-12(19-11-5-9(17)3-4-10(11)16)6-18-20(14(13)21)7-8-1-2-8/h3-6,8,19H,1-2,7,17H2. The Morgan fingerprint density at radius 3 is 2.90 bits per heavy atom. The first kappa shape index (κ1) is 14.4. The van der Waals surface area contributed by atoms with E-state index in [1.165, 1.54) is 17.5 Å². The number of benzene rings is 1. The van der Waals surface area contributed by atoms with Crippen molar-refractivity contribution in [2.45, 2.75) is 19.4 Å². The van der Waals surface area contributed by atoms with E-state index in [4.69, 9.17) is 17.3 Å². The van der Waals surface area contributed by atoms with Gasteiger partial charge < -0.3 is 11.1 Å². The summed E-state index contributed by atoms with van der Waals surface area (Å²) in [6.07, 6.45) is 3.96. The molecule has 21 heavy (non-hydrogen) atoms. The number of nitrogen functional groups attached to an aromatic ring is 1. The summed E-state index contributed by atoms with van der Waals surface area (Å²) in [6, 6.07) is 5.13. The monoisotopic (exact) mass is 368 g/mol. The Morgan fingerprint density at radius 2 is 2.19 bits per heavy atom. The van der Waals surface area contributed by atoms with E-state index in [1.54, 1.807) is 24.4 Å². The molecule has 3 N–H and O–H groups in total. The van der Waals surface area contributed by atoms with Crippen LogP contribution in [0.1, 0.15) is 12.8 Å². The van der Waals surface area contributed by atoms with Crippen molar-refractivity contribution in [2.75, 3.05) is 11.1 Å². The van der Waals surface area contributed by atoms with Gasteiger partial charge in [-0.25, -0.2) is 4.68 Å². The number of nitrogens with two attached hydrogens (primary N) is 1. The molecule has 0 atom stereocenters. The number of anilines is 3. The van der Waals surface area contributed by atoms with Crippen LogP contribution in [0.15, 0.2) is 33.7 Å². The van der Waals surface area contributed by atoms with E-state index in [9.17, 15) is 4.79 Å². The molecule has 1 fully saturated rings. The summed E-state index contributed by atoms with van der Waals surface area (Å²) in [4.78, 5) is 12.3. The van der Waals surface area contributed by atoms with Gasteiger partial charge in [0.05, 0.1) is 22.6 Å². The molecule has 1 aromatic carbocycles. The van der Waals surface area contributed by atoms with Crippen molar-refractivity contribution in [3.8, 4) is 0 Å². The number of rotatable bonds is 4. The Labute approximate surface area is 135 Å². The van der Waals surface area contributed by atoms with E-state index in [0.717, 1.165) is 0 Å². The lowest BCUT2D eigenvalue weighted by atomic mass is 10.2. The molecule has 3 rings (SSSR count). The van der Waals surface area contributed by atoms with Gasteiger partial charge >= 0.3 is 0 Å². The SMILES string of the molecule is Nc1ccc(Cl)c(Nc2cnn(CC3CC3)c(=O)c2Br)c1. The van der Waals surface area contributed by atoms with Crippen LogP contribution in [0.2, 0.25) is 5.02 Å². The Morgan fingerprint density at radius 1 is 1.43 bits per heavy atom. The minimum atomic E-state index is -0.146. The van der Waals surface area contributed by atoms with E-state index in [0.29, 0.717) is 39.0 Å². The zero-order chi connectivity index (χ0) is 15.0. The summed E-state index contributed by atoms with van der Waals surface area (Å²) in [5.74, 6) is 0.587. The van der Waals surface area contributed by atoms with Crippen LogP contribution in [0.5, 0.6) is 0 Å². The highest BCUT2D eigenvalue weighted by molar-refractivity contribution is 9.10. The van der Waals surface area contributed by atoms with Crippen molar-refractivity contribution < 1.29 is 0 Å². The molecule has 0 unspecified atom stereocenters. The van der Waals surface area contributed by atoms with Gasteiger partial charge in [-0.05, 0) is 52.9 Å². The summed E-state index contributed by atoms with van der Waals surface area (Å²) in [7, 11) is 0. The molecule has 1 aliphatic rings. The topological polar surface area (TPSA) is 72.9 Å². The fourth-order valence-electron chi connectivity index (χ4n) is 2.01. The van der Waals surface area contributed by atoms with Crippen molar-refractivity contribution in [2.24, 2.45) is 5.92 Å². The zero-order valence-corrected chi connectivity index (χ0v) is 13.5. The van der Waals surface area contributed by atoms with Gasteiger partial charge in [-0.15, -0.1) is 0 Å². The molecule has 0 amide bonds. The Balaban J connectivity index is 1.90. The zero-order valence-electron chi connectivity index (χ0n) is 11.1. The minimum Gasteiger partial charge on any atom is -0.399 e. The highest BCUT2D eigenvalue weighted by atomic mass is 79.9. The highest BCUT2D eigenvalue weighted by Gasteiger charge is 2.23. The highest BCUT2D eigenvalue weighted by Crippen LogP contribution is 2.31. The second-order valence-corrected chi connectivity index (χ2v) is 6.37. The van der Waals surface area contributed by atoms with Crippen LogP contribution in [0.25, 0.3) is 0 Å². The van der Waals surface area contributed by atoms with Crippen LogP contribution in [0.3, 0.4) is 0 Å². The molecule has 0 bridgehead atoms. The maximum absolute atomic E-state index is 12.3. The molecule has 0 aliphatic heterocycles. The van der Waals surface area contributed by atoms with Crippen LogP contribution in [-0.2, 0) is 6.54 Å². The number of aromatic nitrogens is 2. The van der Waals surface area contributed by atoms with Crippen LogP contribution >= 0.6 is 27.5 Å². The van der Waals surface area contributed by atoms with Gasteiger partial charge in [0.1, 0.15) is 4.47 Å². The van der Waals surface area contributed by atoms with Gasteiger partial charge in [-0.3, -0.25) is 4.79 Å². The average Bonchev–Trinajstić information content (AvgIpc) is 3.26. The van der Waals surface area contributed by atoms with Crippen molar-refractivity contribution in [3.05, 3.63) is 44.2 Å². The Kier molecular flexibility index (Phi) is 3.91. The third kappa shape index (κ3) is 3.22. The largest absolute Gasteiger partial charge is 0.399 e. The molecular weight excluding hydrogens is 356 g/mol. The summed E-state index contributed by atoms with van der Waals surface area (Å²) in [5.41, 5.74) is 7.39. The first-order valence-electron chi connectivity index (χ1n) is 6.62. The smallest absolute Gasteiger partial charge is 0.283 e. The first-order valence-corrected chi connectivity index (χ1v) is 7.79.